The van der Waals surface area contributed by atoms with Crippen molar-refractivity contribution in [1.82, 2.24) is 10.3 Å². The van der Waals surface area contributed by atoms with Gasteiger partial charge in [0.2, 0.25) is 0 Å². The van der Waals surface area contributed by atoms with Crippen LogP contribution in [0.25, 0.3) is 6.08 Å². The van der Waals surface area contributed by atoms with Crippen molar-refractivity contribution in [1.29, 1.82) is 0 Å². The van der Waals surface area contributed by atoms with Crippen molar-refractivity contribution in [3.05, 3.63) is 35.7 Å². The number of carbonyl (C=O) groups excluding carboxylic acids is 1. The first-order chi connectivity index (χ1) is 8.13. The third-order valence-corrected chi connectivity index (χ3v) is 1.97. The summed E-state index contributed by atoms with van der Waals surface area (Å²) in [6.07, 6.45) is 4.77. The molecule has 0 spiro atoms. The summed E-state index contributed by atoms with van der Waals surface area (Å²) in [4.78, 5) is 25.7. The van der Waals surface area contributed by atoms with Crippen molar-refractivity contribution >= 4 is 18.0 Å². The van der Waals surface area contributed by atoms with Crippen molar-refractivity contribution in [3.8, 4) is 0 Å². The van der Waals surface area contributed by atoms with Crippen LogP contribution < -0.4 is 5.32 Å². The summed E-state index contributed by atoms with van der Waals surface area (Å²) in [7, 11) is 0. The molecule has 0 aliphatic carbocycles. The molecule has 1 amide bonds. The fourth-order valence-electron chi connectivity index (χ4n) is 1.13. The number of rotatable bonds is 5. The van der Waals surface area contributed by atoms with Gasteiger partial charge in [0.1, 0.15) is 5.69 Å². The minimum atomic E-state index is -1.02. The molecule has 0 bridgehead atoms. The Labute approximate surface area is 99.2 Å². The van der Waals surface area contributed by atoms with Crippen LogP contribution in [-0.2, 0) is 4.79 Å². The summed E-state index contributed by atoms with van der Waals surface area (Å²) < 4.78 is 0. The van der Waals surface area contributed by atoms with Crippen molar-refractivity contribution in [3.63, 3.8) is 0 Å². The molecule has 1 aromatic heterocycles. The fraction of sp³-hybridized carbons (Fsp3) is 0.250. The minimum Gasteiger partial charge on any atom is -0.478 e. The highest BCUT2D eigenvalue weighted by molar-refractivity contribution is 5.92. The molecule has 1 aromatic rings. The number of hydrogen-bond donors (Lipinski definition) is 2. The highest BCUT2D eigenvalue weighted by atomic mass is 16.4. The van der Waals surface area contributed by atoms with E-state index >= 15 is 0 Å². The number of nitrogens with zero attached hydrogens (tertiary/aromatic N) is 1. The summed E-state index contributed by atoms with van der Waals surface area (Å²) in [5.41, 5.74) is 0.963. The van der Waals surface area contributed by atoms with Crippen LogP contribution >= 0.6 is 0 Å². The Hall–Kier alpha value is -2.17. The first-order valence-corrected chi connectivity index (χ1v) is 5.28. The lowest BCUT2D eigenvalue weighted by molar-refractivity contribution is -0.131. The van der Waals surface area contributed by atoms with Gasteiger partial charge in [0, 0.05) is 18.8 Å². The minimum absolute atomic E-state index is 0.222. The Morgan fingerprint density at radius 3 is 2.76 bits per heavy atom. The maximum atomic E-state index is 11.5. The summed E-state index contributed by atoms with van der Waals surface area (Å²) in [6, 6.07) is 3.21. The molecule has 0 atom stereocenters. The Balaban J connectivity index is 2.67. The maximum absolute atomic E-state index is 11.5. The Kier molecular flexibility index (Phi) is 4.87. The SMILES string of the molecule is CCCNC(=O)c1ccc(C=CC(=O)O)cn1. The molecule has 0 saturated carbocycles. The second kappa shape index (κ2) is 6.42. The monoisotopic (exact) mass is 234 g/mol. The van der Waals surface area contributed by atoms with E-state index in [1.54, 1.807) is 12.1 Å². The molecular weight excluding hydrogens is 220 g/mol. The molecule has 0 aromatic carbocycles. The van der Waals surface area contributed by atoms with E-state index in [1.807, 2.05) is 6.92 Å². The third kappa shape index (κ3) is 4.46. The van der Waals surface area contributed by atoms with Crippen molar-refractivity contribution in [2.45, 2.75) is 13.3 Å². The van der Waals surface area contributed by atoms with Gasteiger partial charge in [0.15, 0.2) is 0 Å². The van der Waals surface area contributed by atoms with Crippen LogP contribution in [0.5, 0.6) is 0 Å². The van der Waals surface area contributed by atoms with Gasteiger partial charge in [0.05, 0.1) is 0 Å². The number of hydrogen-bond acceptors (Lipinski definition) is 3. The number of nitrogens with one attached hydrogen (secondary N) is 1. The van der Waals surface area contributed by atoms with E-state index in [2.05, 4.69) is 10.3 Å². The summed E-state index contributed by atoms with van der Waals surface area (Å²) in [5, 5.41) is 11.1. The lowest BCUT2D eigenvalue weighted by atomic mass is 10.2. The zero-order valence-electron chi connectivity index (χ0n) is 9.51. The molecule has 0 aliphatic heterocycles. The van der Waals surface area contributed by atoms with Crippen LogP contribution in [0, 0.1) is 0 Å². The van der Waals surface area contributed by atoms with Gasteiger partial charge in [-0.2, -0.15) is 0 Å². The molecule has 0 unspecified atom stereocenters. The topological polar surface area (TPSA) is 79.3 Å². The van der Waals surface area contributed by atoms with Crippen molar-refractivity contribution in [2.24, 2.45) is 0 Å². The van der Waals surface area contributed by atoms with Gasteiger partial charge in [0.25, 0.3) is 5.91 Å². The van der Waals surface area contributed by atoms with Gasteiger partial charge >= 0.3 is 5.97 Å². The zero-order valence-corrected chi connectivity index (χ0v) is 9.51. The summed E-state index contributed by atoms with van der Waals surface area (Å²) in [5.74, 6) is -1.24. The molecule has 5 heteroatoms. The predicted octanol–water partition coefficient (Wildman–Crippen LogP) is 1.32. The van der Waals surface area contributed by atoms with Gasteiger partial charge in [-0.15, -0.1) is 0 Å². The Bertz CT molecular complexity index is 424. The average Bonchev–Trinajstić information content (AvgIpc) is 2.34. The highest BCUT2D eigenvalue weighted by Gasteiger charge is 2.04. The van der Waals surface area contributed by atoms with E-state index < -0.39 is 5.97 Å². The average molecular weight is 234 g/mol. The van der Waals surface area contributed by atoms with E-state index in [0.717, 1.165) is 12.5 Å². The molecule has 0 fully saturated rings. The third-order valence-electron chi connectivity index (χ3n) is 1.97. The van der Waals surface area contributed by atoms with Gasteiger partial charge in [-0.25, -0.2) is 4.79 Å². The zero-order chi connectivity index (χ0) is 12.7. The number of pyridine rings is 1. The number of carbonyl (C=O) groups is 2. The lowest BCUT2D eigenvalue weighted by Crippen LogP contribution is -2.24. The Morgan fingerprint density at radius 1 is 1.47 bits per heavy atom. The van der Waals surface area contributed by atoms with Crippen LogP contribution in [0.15, 0.2) is 24.4 Å². The van der Waals surface area contributed by atoms with Crippen LogP contribution in [0.2, 0.25) is 0 Å². The van der Waals surface area contributed by atoms with Gasteiger partial charge in [-0.3, -0.25) is 9.78 Å². The van der Waals surface area contributed by atoms with Crippen molar-refractivity contribution < 1.29 is 14.7 Å². The quantitative estimate of drug-likeness (QED) is 0.753. The largest absolute Gasteiger partial charge is 0.478 e. The van der Waals surface area contributed by atoms with Crippen LogP contribution in [0.1, 0.15) is 29.4 Å². The highest BCUT2D eigenvalue weighted by Crippen LogP contribution is 2.02. The van der Waals surface area contributed by atoms with Crippen molar-refractivity contribution in [2.75, 3.05) is 6.54 Å². The molecule has 2 N–H and O–H groups in total. The smallest absolute Gasteiger partial charge is 0.328 e. The standard InChI is InChI=1S/C12H14N2O3/c1-2-7-13-12(17)10-5-3-9(8-14-10)4-6-11(15)16/h3-6,8H,2,7H2,1H3,(H,13,17)(H,15,16). The molecule has 1 heterocycles. The maximum Gasteiger partial charge on any atom is 0.328 e. The number of aliphatic carboxylic acids is 1. The normalized spacial score (nSPS) is 10.4. The molecule has 0 radical (unpaired) electrons. The van der Waals surface area contributed by atoms with E-state index in [4.69, 9.17) is 5.11 Å². The molecule has 90 valence electrons. The molecule has 5 nitrogen and oxygen atoms in total. The van der Waals surface area contributed by atoms with Gasteiger partial charge < -0.3 is 10.4 Å². The second-order valence-corrected chi connectivity index (χ2v) is 3.40. The number of carboxylic acid groups (broad SMARTS) is 1. The molecular formula is C12H14N2O3. The van der Waals surface area contributed by atoms with E-state index in [-0.39, 0.29) is 5.91 Å². The van der Waals surface area contributed by atoms with E-state index in [1.165, 1.54) is 12.3 Å². The number of carboxylic acids is 1. The van der Waals surface area contributed by atoms with Crippen LogP contribution in [0.4, 0.5) is 0 Å². The molecule has 0 aliphatic rings. The first-order valence-electron chi connectivity index (χ1n) is 5.28. The molecule has 0 saturated heterocycles. The molecule has 17 heavy (non-hydrogen) atoms. The summed E-state index contributed by atoms with van der Waals surface area (Å²) >= 11 is 0. The lowest BCUT2D eigenvalue weighted by Gasteiger charge is -2.02. The predicted molar refractivity (Wildman–Crippen MR) is 63.5 cm³/mol. The van der Waals surface area contributed by atoms with Crippen LogP contribution in [-0.4, -0.2) is 28.5 Å². The van der Waals surface area contributed by atoms with Gasteiger partial charge in [-0.05, 0) is 24.1 Å². The fourth-order valence-corrected chi connectivity index (χ4v) is 1.13. The Morgan fingerprint density at radius 2 is 2.24 bits per heavy atom. The number of aromatic nitrogens is 1. The van der Waals surface area contributed by atoms with Gasteiger partial charge in [-0.1, -0.05) is 13.0 Å². The van der Waals surface area contributed by atoms with E-state index in [0.29, 0.717) is 17.8 Å². The number of amides is 1. The summed E-state index contributed by atoms with van der Waals surface area (Å²) in [6.45, 7) is 2.58. The van der Waals surface area contributed by atoms with E-state index in [9.17, 15) is 9.59 Å². The van der Waals surface area contributed by atoms with Crippen LogP contribution in [0.3, 0.4) is 0 Å². The molecule has 1 rings (SSSR count). The second-order valence-electron chi connectivity index (χ2n) is 3.40. The first kappa shape index (κ1) is 12.9.